The molecule has 4 nitrogen and oxygen atoms in total. The van der Waals surface area contributed by atoms with E-state index in [1.807, 2.05) is 29.9 Å². The van der Waals surface area contributed by atoms with Crippen LogP contribution in [0.25, 0.3) is 22.5 Å². The molecule has 1 aliphatic carbocycles. The molecular formula is C17H16N4. The Morgan fingerprint density at radius 1 is 1.05 bits per heavy atom. The summed E-state index contributed by atoms with van der Waals surface area (Å²) in [6.07, 6.45) is 0.809. The third-order valence-electron chi connectivity index (χ3n) is 4.15. The smallest absolute Gasteiger partial charge is 0.121 e. The number of fused-ring (bicyclic) bond motifs is 5. The van der Waals surface area contributed by atoms with Gasteiger partial charge in [0, 0.05) is 24.2 Å². The number of nitrogens with two attached hydrogens (primary N) is 1. The molecule has 0 radical (unpaired) electrons. The number of hydrogen-bond donors (Lipinski definition) is 1. The third-order valence-corrected chi connectivity index (χ3v) is 4.15. The first kappa shape index (κ1) is 12.3. The van der Waals surface area contributed by atoms with Gasteiger partial charge in [-0.1, -0.05) is 53.7 Å². The van der Waals surface area contributed by atoms with Gasteiger partial charge in [0.2, 0.25) is 0 Å². The van der Waals surface area contributed by atoms with Gasteiger partial charge in [0.25, 0.3) is 0 Å². The predicted octanol–water partition coefficient (Wildman–Crippen LogP) is 2.71. The summed E-state index contributed by atoms with van der Waals surface area (Å²) in [7, 11) is 1.93. The molecule has 0 spiro atoms. The lowest BCUT2D eigenvalue weighted by atomic mass is 9.87. The number of benzene rings is 2. The molecule has 1 aliphatic rings. The molecule has 0 saturated heterocycles. The molecule has 0 bridgehead atoms. The van der Waals surface area contributed by atoms with Crippen molar-refractivity contribution < 1.29 is 0 Å². The molecule has 1 atom stereocenters. The molecule has 0 amide bonds. The first-order valence-corrected chi connectivity index (χ1v) is 7.08. The van der Waals surface area contributed by atoms with E-state index in [0.29, 0.717) is 0 Å². The van der Waals surface area contributed by atoms with Crippen LogP contribution in [0.3, 0.4) is 0 Å². The maximum Gasteiger partial charge on any atom is 0.121 e. The highest BCUT2D eigenvalue weighted by molar-refractivity contribution is 5.82. The first-order valence-electron chi connectivity index (χ1n) is 7.08. The quantitative estimate of drug-likeness (QED) is 0.687. The van der Waals surface area contributed by atoms with E-state index in [4.69, 9.17) is 5.73 Å². The zero-order chi connectivity index (χ0) is 14.4. The van der Waals surface area contributed by atoms with Gasteiger partial charge in [-0.15, -0.1) is 5.10 Å². The topological polar surface area (TPSA) is 56.7 Å². The van der Waals surface area contributed by atoms with Gasteiger partial charge in [-0.05, 0) is 17.5 Å². The molecule has 1 unspecified atom stereocenters. The molecule has 104 valence electrons. The highest BCUT2D eigenvalue weighted by Gasteiger charge is 2.25. The molecule has 0 fully saturated rings. The van der Waals surface area contributed by atoms with Crippen LogP contribution >= 0.6 is 0 Å². The van der Waals surface area contributed by atoms with Crippen molar-refractivity contribution in [1.82, 2.24) is 15.0 Å². The van der Waals surface area contributed by atoms with Crippen molar-refractivity contribution in [2.24, 2.45) is 12.8 Å². The SMILES string of the molecule is Cn1nnc2c1-c1ccccc1C(N)Cc1ccccc1-2. The minimum absolute atomic E-state index is 0.0228. The average Bonchev–Trinajstić information content (AvgIpc) is 2.87. The summed E-state index contributed by atoms with van der Waals surface area (Å²) in [4.78, 5) is 0. The molecule has 4 rings (SSSR count). The molecule has 1 heterocycles. The second kappa shape index (κ2) is 4.53. The Hall–Kier alpha value is -2.46. The molecular weight excluding hydrogens is 260 g/mol. The fourth-order valence-electron chi connectivity index (χ4n) is 3.15. The van der Waals surface area contributed by atoms with E-state index >= 15 is 0 Å². The van der Waals surface area contributed by atoms with Gasteiger partial charge in [0.1, 0.15) is 5.69 Å². The Morgan fingerprint density at radius 2 is 1.76 bits per heavy atom. The van der Waals surface area contributed by atoms with Crippen molar-refractivity contribution >= 4 is 0 Å². The molecule has 3 aromatic rings. The Bertz CT molecular complexity index is 819. The Balaban J connectivity index is 2.11. The Labute approximate surface area is 123 Å². The fourth-order valence-corrected chi connectivity index (χ4v) is 3.15. The summed E-state index contributed by atoms with van der Waals surface area (Å²) in [6, 6.07) is 16.6. The van der Waals surface area contributed by atoms with E-state index in [0.717, 1.165) is 34.5 Å². The molecule has 1 aromatic heterocycles. The van der Waals surface area contributed by atoms with E-state index in [2.05, 4.69) is 40.6 Å². The summed E-state index contributed by atoms with van der Waals surface area (Å²) in [5.74, 6) is 0. The van der Waals surface area contributed by atoms with Crippen molar-refractivity contribution in [3.05, 3.63) is 59.7 Å². The number of rotatable bonds is 0. The lowest BCUT2D eigenvalue weighted by molar-refractivity contribution is 0.710. The van der Waals surface area contributed by atoms with Gasteiger partial charge >= 0.3 is 0 Å². The summed E-state index contributed by atoms with van der Waals surface area (Å²) in [5.41, 5.74) is 13.1. The van der Waals surface area contributed by atoms with Crippen LogP contribution in [0.1, 0.15) is 17.2 Å². The zero-order valence-corrected chi connectivity index (χ0v) is 11.8. The van der Waals surface area contributed by atoms with Crippen molar-refractivity contribution in [2.75, 3.05) is 0 Å². The second-order valence-electron chi connectivity index (χ2n) is 5.47. The maximum atomic E-state index is 6.46. The second-order valence-corrected chi connectivity index (χ2v) is 5.47. The Morgan fingerprint density at radius 3 is 2.62 bits per heavy atom. The van der Waals surface area contributed by atoms with E-state index in [-0.39, 0.29) is 6.04 Å². The van der Waals surface area contributed by atoms with E-state index in [1.54, 1.807) is 0 Å². The minimum Gasteiger partial charge on any atom is -0.324 e. The first-order chi connectivity index (χ1) is 10.3. The van der Waals surface area contributed by atoms with Crippen LogP contribution < -0.4 is 5.73 Å². The van der Waals surface area contributed by atoms with Gasteiger partial charge in [-0.2, -0.15) is 0 Å². The van der Waals surface area contributed by atoms with Gasteiger partial charge < -0.3 is 5.73 Å². The van der Waals surface area contributed by atoms with Crippen LogP contribution in [0.5, 0.6) is 0 Å². The summed E-state index contributed by atoms with van der Waals surface area (Å²) in [6.45, 7) is 0. The predicted molar refractivity (Wildman–Crippen MR) is 82.5 cm³/mol. The highest BCUT2D eigenvalue weighted by atomic mass is 15.4. The molecule has 4 heteroatoms. The molecule has 0 aliphatic heterocycles. The lowest BCUT2D eigenvalue weighted by Gasteiger charge is -2.21. The minimum atomic E-state index is -0.0228. The molecule has 2 N–H and O–H groups in total. The Kier molecular flexibility index (Phi) is 2.65. The van der Waals surface area contributed by atoms with E-state index < -0.39 is 0 Å². The van der Waals surface area contributed by atoms with Gasteiger partial charge in [-0.3, -0.25) is 0 Å². The average molecular weight is 276 g/mol. The van der Waals surface area contributed by atoms with Crippen molar-refractivity contribution in [1.29, 1.82) is 0 Å². The van der Waals surface area contributed by atoms with Crippen molar-refractivity contribution in [2.45, 2.75) is 12.5 Å². The normalized spacial score (nSPS) is 16.4. The number of hydrogen-bond acceptors (Lipinski definition) is 3. The van der Waals surface area contributed by atoms with Crippen LogP contribution in [0.2, 0.25) is 0 Å². The summed E-state index contributed by atoms with van der Waals surface area (Å²) >= 11 is 0. The lowest BCUT2D eigenvalue weighted by Crippen LogP contribution is -2.17. The largest absolute Gasteiger partial charge is 0.324 e. The number of aromatic nitrogens is 3. The van der Waals surface area contributed by atoms with Gasteiger partial charge in [-0.25, -0.2) is 4.68 Å². The van der Waals surface area contributed by atoms with E-state index in [1.165, 1.54) is 5.56 Å². The molecule has 21 heavy (non-hydrogen) atoms. The maximum absolute atomic E-state index is 6.46. The van der Waals surface area contributed by atoms with Gasteiger partial charge in [0.05, 0.1) is 5.69 Å². The fraction of sp³-hybridized carbons (Fsp3) is 0.176. The van der Waals surface area contributed by atoms with E-state index in [9.17, 15) is 0 Å². The highest BCUT2D eigenvalue weighted by Crippen LogP contribution is 2.39. The number of nitrogens with zero attached hydrogens (tertiary/aromatic N) is 3. The molecule has 0 saturated carbocycles. The third kappa shape index (κ3) is 1.80. The standard InChI is InChI=1S/C17H16N4/c1-21-17-14-9-5-4-8-13(14)15(18)10-11-6-2-3-7-12(11)16(17)19-20-21/h2-9,15H,10,18H2,1H3. The van der Waals surface area contributed by atoms with Crippen LogP contribution in [-0.4, -0.2) is 15.0 Å². The zero-order valence-electron chi connectivity index (χ0n) is 11.8. The van der Waals surface area contributed by atoms with Crippen LogP contribution in [0.15, 0.2) is 48.5 Å². The van der Waals surface area contributed by atoms with Crippen molar-refractivity contribution in [3.63, 3.8) is 0 Å². The van der Waals surface area contributed by atoms with Crippen LogP contribution in [0, 0.1) is 0 Å². The van der Waals surface area contributed by atoms with Crippen molar-refractivity contribution in [3.8, 4) is 22.5 Å². The monoisotopic (exact) mass is 276 g/mol. The number of aryl methyl sites for hydroxylation is 1. The summed E-state index contributed by atoms with van der Waals surface area (Å²) < 4.78 is 1.84. The summed E-state index contributed by atoms with van der Waals surface area (Å²) in [5, 5.41) is 8.63. The van der Waals surface area contributed by atoms with Crippen LogP contribution in [0.4, 0.5) is 0 Å². The van der Waals surface area contributed by atoms with Crippen LogP contribution in [-0.2, 0) is 13.5 Å². The molecule has 2 aromatic carbocycles. The van der Waals surface area contributed by atoms with Gasteiger partial charge in [0.15, 0.2) is 0 Å².